The van der Waals surface area contributed by atoms with E-state index >= 15 is 0 Å². The van der Waals surface area contributed by atoms with Crippen LogP contribution in [0.2, 0.25) is 0 Å². The van der Waals surface area contributed by atoms with Crippen LogP contribution in [-0.2, 0) is 0 Å². The predicted molar refractivity (Wildman–Crippen MR) is 57.5 cm³/mol. The van der Waals surface area contributed by atoms with Crippen LogP contribution in [0.1, 0.15) is 5.56 Å². The van der Waals surface area contributed by atoms with E-state index < -0.39 is 30.4 Å². The minimum Gasteiger partial charge on any atom is -0.427 e. The summed E-state index contributed by atoms with van der Waals surface area (Å²) < 4.78 is 43.5. The molecule has 0 saturated carbocycles. The lowest BCUT2D eigenvalue weighted by molar-refractivity contribution is -0.247. The minimum absolute atomic E-state index is 0.0918. The highest BCUT2D eigenvalue weighted by Crippen LogP contribution is 2.32. The normalized spacial score (nSPS) is 12.9. The molecule has 8 heteroatoms. The lowest BCUT2D eigenvalue weighted by Gasteiger charge is -2.22. The van der Waals surface area contributed by atoms with Crippen LogP contribution < -0.4 is 4.74 Å². The first-order valence-electron chi connectivity index (χ1n) is 4.57. The Morgan fingerprint density at radius 2 is 2.11 bits per heavy atom. The molecule has 0 bridgehead atoms. The molecule has 2 N–H and O–H groups in total. The molecule has 0 aliphatic rings. The first-order valence-corrected chi connectivity index (χ1v) is 5.36. The summed E-state index contributed by atoms with van der Waals surface area (Å²) in [6.07, 6.45) is -6.63. The fraction of sp³-hybridized carbons (Fsp3) is 0.300. The molecular weight excluding hydrogens is 319 g/mol. The summed E-state index contributed by atoms with van der Waals surface area (Å²) in [4.78, 5) is 0. The van der Waals surface area contributed by atoms with Gasteiger partial charge in [0.1, 0.15) is 6.07 Å². The van der Waals surface area contributed by atoms with Crippen molar-refractivity contribution in [3.8, 4) is 11.8 Å². The first kappa shape index (κ1) is 14.8. The summed E-state index contributed by atoms with van der Waals surface area (Å²) >= 11 is 2.72. The number of ether oxygens (including phenoxy) is 1. The number of aliphatic hydroxyl groups is 2. The Morgan fingerprint density at radius 1 is 1.50 bits per heavy atom. The van der Waals surface area contributed by atoms with Crippen molar-refractivity contribution in [1.82, 2.24) is 0 Å². The van der Waals surface area contributed by atoms with E-state index in [1.165, 1.54) is 0 Å². The van der Waals surface area contributed by atoms with Crippen LogP contribution in [-0.4, -0.2) is 29.0 Å². The average molecular weight is 326 g/mol. The minimum atomic E-state index is -4.15. The van der Waals surface area contributed by atoms with Gasteiger partial charge in [0.25, 0.3) is 0 Å². The molecule has 18 heavy (non-hydrogen) atoms. The van der Waals surface area contributed by atoms with Crippen LogP contribution in [0.3, 0.4) is 0 Å². The number of hydrogen-bond donors (Lipinski definition) is 2. The van der Waals surface area contributed by atoms with Gasteiger partial charge in [0.2, 0.25) is 0 Å². The third kappa shape index (κ3) is 2.93. The van der Waals surface area contributed by atoms with Gasteiger partial charge in [-0.25, -0.2) is 4.39 Å². The van der Waals surface area contributed by atoms with Crippen molar-refractivity contribution in [3.05, 3.63) is 28.0 Å². The van der Waals surface area contributed by atoms with E-state index in [0.717, 1.165) is 12.1 Å². The highest BCUT2D eigenvalue weighted by Gasteiger charge is 2.41. The van der Waals surface area contributed by atoms with Gasteiger partial charge >= 0.3 is 6.11 Å². The number of alkyl halides is 2. The SMILES string of the molecule is N#Cc1ccc(OC(F)(F)C(O)CO)c(F)c1Br. The summed E-state index contributed by atoms with van der Waals surface area (Å²) in [5, 5.41) is 25.8. The molecule has 1 aromatic rings. The van der Waals surface area contributed by atoms with Crippen LogP contribution >= 0.6 is 15.9 Å². The van der Waals surface area contributed by atoms with Gasteiger partial charge in [-0.05, 0) is 28.1 Å². The summed E-state index contributed by atoms with van der Waals surface area (Å²) in [6.45, 7) is -1.24. The zero-order chi connectivity index (χ0) is 13.9. The van der Waals surface area contributed by atoms with Crippen molar-refractivity contribution in [3.63, 3.8) is 0 Å². The molecule has 0 aliphatic heterocycles. The van der Waals surface area contributed by atoms with Gasteiger partial charge < -0.3 is 14.9 Å². The Balaban J connectivity index is 3.07. The van der Waals surface area contributed by atoms with Crippen molar-refractivity contribution < 1.29 is 28.1 Å². The van der Waals surface area contributed by atoms with Gasteiger partial charge in [0.15, 0.2) is 17.7 Å². The van der Waals surface area contributed by atoms with Crippen molar-refractivity contribution in [2.75, 3.05) is 6.61 Å². The van der Waals surface area contributed by atoms with Crippen LogP contribution in [0.4, 0.5) is 13.2 Å². The Hall–Kier alpha value is -1.30. The summed E-state index contributed by atoms with van der Waals surface area (Å²) in [7, 11) is 0. The Morgan fingerprint density at radius 3 is 2.61 bits per heavy atom. The molecule has 0 radical (unpaired) electrons. The van der Waals surface area contributed by atoms with E-state index in [4.69, 9.17) is 15.5 Å². The smallest absolute Gasteiger partial charge is 0.426 e. The molecule has 0 spiro atoms. The molecule has 0 aliphatic carbocycles. The van der Waals surface area contributed by atoms with E-state index in [1.807, 2.05) is 0 Å². The zero-order valence-electron chi connectivity index (χ0n) is 8.70. The second kappa shape index (κ2) is 5.56. The van der Waals surface area contributed by atoms with Gasteiger partial charge in [0.05, 0.1) is 16.6 Å². The van der Waals surface area contributed by atoms with E-state index in [2.05, 4.69) is 20.7 Å². The first-order chi connectivity index (χ1) is 8.33. The van der Waals surface area contributed by atoms with E-state index in [9.17, 15) is 13.2 Å². The van der Waals surface area contributed by atoms with Crippen molar-refractivity contribution in [1.29, 1.82) is 5.26 Å². The highest BCUT2D eigenvalue weighted by molar-refractivity contribution is 9.10. The molecular formula is C10H7BrF3NO3. The Kier molecular flexibility index (Phi) is 4.56. The molecule has 0 saturated heterocycles. The quantitative estimate of drug-likeness (QED) is 0.885. The lowest BCUT2D eigenvalue weighted by Crippen LogP contribution is -2.41. The molecule has 0 fully saturated rings. The number of halogens is 4. The molecule has 1 atom stereocenters. The van der Waals surface area contributed by atoms with Crippen LogP contribution in [0.5, 0.6) is 5.75 Å². The largest absolute Gasteiger partial charge is 0.427 e. The zero-order valence-corrected chi connectivity index (χ0v) is 10.3. The lowest BCUT2D eigenvalue weighted by atomic mass is 10.2. The molecule has 0 aromatic heterocycles. The van der Waals surface area contributed by atoms with Gasteiger partial charge in [-0.2, -0.15) is 14.0 Å². The molecule has 98 valence electrons. The van der Waals surface area contributed by atoms with E-state index in [1.54, 1.807) is 6.07 Å². The number of hydrogen-bond acceptors (Lipinski definition) is 4. The summed E-state index contributed by atoms with van der Waals surface area (Å²) in [5.41, 5.74) is -0.0918. The second-order valence-corrected chi connectivity index (χ2v) is 4.01. The maximum absolute atomic E-state index is 13.5. The number of benzene rings is 1. The number of aliphatic hydroxyl groups excluding tert-OH is 2. The molecule has 4 nitrogen and oxygen atoms in total. The maximum Gasteiger partial charge on any atom is 0.426 e. The predicted octanol–water partition coefficient (Wildman–Crippen LogP) is 1.78. The Labute approximate surface area is 108 Å². The number of nitriles is 1. The van der Waals surface area contributed by atoms with Gasteiger partial charge in [-0.1, -0.05) is 0 Å². The fourth-order valence-corrected chi connectivity index (χ4v) is 1.43. The molecule has 0 amide bonds. The van der Waals surface area contributed by atoms with Crippen LogP contribution in [0, 0.1) is 17.1 Å². The topological polar surface area (TPSA) is 73.5 Å². The van der Waals surface area contributed by atoms with Crippen molar-refractivity contribution in [2.24, 2.45) is 0 Å². The van der Waals surface area contributed by atoms with Gasteiger partial charge in [-0.15, -0.1) is 0 Å². The molecule has 1 aromatic carbocycles. The van der Waals surface area contributed by atoms with Crippen LogP contribution in [0.25, 0.3) is 0 Å². The number of nitrogens with zero attached hydrogens (tertiary/aromatic N) is 1. The van der Waals surface area contributed by atoms with Crippen molar-refractivity contribution >= 4 is 15.9 Å². The van der Waals surface area contributed by atoms with E-state index in [-0.39, 0.29) is 10.0 Å². The average Bonchev–Trinajstić information content (AvgIpc) is 2.34. The Bertz CT molecular complexity index is 490. The van der Waals surface area contributed by atoms with E-state index in [0.29, 0.717) is 0 Å². The van der Waals surface area contributed by atoms with Crippen LogP contribution in [0.15, 0.2) is 16.6 Å². The second-order valence-electron chi connectivity index (χ2n) is 3.21. The fourth-order valence-electron chi connectivity index (χ4n) is 1.02. The van der Waals surface area contributed by atoms with Gasteiger partial charge in [0, 0.05) is 0 Å². The third-order valence-electron chi connectivity index (χ3n) is 1.97. The standard InChI is InChI=1S/C10H7BrF3NO3/c11-8-5(3-15)1-2-6(9(8)12)18-10(13,14)7(17)4-16/h1-2,7,16-17H,4H2. The molecule has 0 heterocycles. The summed E-state index contributed by atoms with van der Waals surface area (Å²) in [6, 6.07) is 3.54. The van der Waals surface area contributed by atoms with Gasteiger partial charge in [-0.3, -0.25) is 0 Å². The highest BCUT2D eigenvalue weighted by atomic mass is 79.9. The summed E-state index contributed by atoms with van der Waals surface area (Å²) in [5.74, 6) is -2.04. The maximum atomic E-state index is 13.5. The number of rotatable bonds is 4. The van der Waals surface area contributed by atoms with Crippen molar-refractivity contribution in [2.45, 2.75) is 12.2 Å². The monoisotopic (exact) mass is 325 g/mol. The third-order valence-corrected chi connectivity index (χ3v) is 2.75. The molecule has 1 rings (SSSR count). The molecule has 1 unspecified atom stereocenters.